The summed E-state index contributed by atoms with van der Waals surface area (Å²) in [5, 5.41) is 13.8. The van der Waals surface area contributed by atoms with Gasteiger partial charge in [0.2, 0.25) is 0 Å². The van der Waals surface area contributed by atoms with Gasteiger partial charge < -0.3 is 10.0 Å². The molecule has 0 amide bonds. The lowest BCUT2D eigenvalue weighted by Crippen LogP contribution is -2.45. The molecule has 0 spiro atoms. The lowest BCUT2D eigenvalue weighted by Gasteiger charge is -2.45. The van der Waals surface area contributed by atoms with Gasteiger partial charge in [-0.05, 0) is 68.1 Å². The molecule has 0 bridgehead atoms. The van der Waals surface area contributed by atoms with Gasteiger partial charge in [0.25, 0.3) is 0 Å². The standard InChI is InChI=1S/C21H24ClN3O2/c1-13-11-21(2,3)25(4)19-10-18(22)15(9-17(13)19)12-23-24-16-7-5-14(6-8-16)20(26)27/h5-10,12-13,24H,11H2,1-4H3,(H,26,27)/b23-12+. The predicted octanol–water partition coefficient (Wildman–Crippen LogP) is 5.21. The van der Waals surface area contributed by atoms with Crippen molar-refractivity contribution in [2.75, 3.05) is 17.4 Å². The average Bonchev–Trinajstić information content (AvgIpc) is 2.61. The first kappa shape index (κ1) is 19.2. The van der Waals surface area contributed by atoms with Crippen LogP contribution in [0.15, 0.2) is 41.5 Å². The first-order valence-electron chi connectivity index (χ1n) is 8.89. The molecule has 5 nitrogen and oxygen atoms in total. The van der Waals surface area contributed by atoms with E-state index in [2.05, 4.69) is 49.3 Å². The molecular weight excluding hydrogens is 362 g/mol. The zero-order valence-corrected chi connectivity index (χ0v) is 16.7. The highest BCUT2D eigenvalue weighted by atomic mass is 35.5. The second-order valence-corrected chi connectivity index (χ2v) is 8.07. The van der Waals surface area contributed by atoms with Crippen LogP contribution in [-0.2, 0) is 0 Å². The van der Waals surface area contributed by atoms with E-state index in [1.54, 1.807) is 18.3 Å². The van der Waals surface area contributed by atoms with E-state index in [0.29, 0.717) is 16.6 Å². The van der Waals surface area contributed by atoms with Gasteiger partial charge in [0, 0.05) is 23.8 Å². The van der Waals surface area contributed by atoms with Crippen LogP contribution in [-0.4, -0.2) is 29.9 Å². The molecule has 0 saturated heterocycles. The first-order chi connectivity index (χ1) is 12.7. The summed E-state index contributed by atoms with van der Waals surface area (Å²) in [4.78, 5) is 13.2. The Kier molecular flexibility index (Phi) is 5.16. The molecule has 0 fully saturated rings. The molecule has 1 heterocycles. The van der Waals surface area contributed by atoms with E-state index in [1.807, 2.05) is 6.07 Å². The fourth-order valence-corrected chi connectivity index (χ4v) is 3.77. The summed E-state index contributed by atoms with van der Waals surface area (Å²) in [6.45, 7) is 6.73. The average molecular weight is 386 g/mol. The van der Waals surface area contributed by atoms with Gasteiger partial charge in [0.1, 0.15) is 0 Å². The zero-order valence-electron chi connectivity index (χ0n) is 16.0. The summed E-state index contributed by atoms with van der Waals surface area (Å²) in [6, 6.07) is 10.5. The van der Waals surface area contributed by atoms with Crippen molar-refractivity contribution in [3.8, 4) is 0 Å². The number of nitrogens with one attached hydrogen (secondary N) is 1. The van der Waals surface area contributed by atoms with Crippen LogP contribution in [0.3, 0.4) is 0 Å². The van der Waals surface area contributed by atoms with Gasteiger partial charge in [-0.2, -0.15) is 5.10 Å². The van der Waals surface area contributed by atoms with Crippen LogP contribution in [0, 0.1) is 0 Å². The maximum atomic E-state index is 10.9. The number of hydrogen-bond donors (Lipinski definition) is 2. The van der Waals surface area contributed by atoms with Crippen molar-refractivity contribution in [2.24, 2.45) is 5.10 Å². The molecule has 3 rings (SSSR count). The Balaban J connectivity index is 1.81. The Morgan fingerprint density at radius 2 is 2.00 bits per heavy atom. The molecule has 1 unspecified atom stereocenters. The number of carboxylic acids is 1. The molecule has 142 valence electrons. The van der Waals surface area contributed by atoms with E-state index in [4.69, 9.17) is 16.7 Å². The molecule has 1 atom stereocenters. The third-order valence-electron chi connectivity index (χ3n) is 5.28. The van der Waals surface area contributed by atoms with Crippen molar-refractivity contribution in [3.63, 3.8) is 0 Å². The minimum Gasteiger partial charge on any atom is -0.478 e. The Hall–Kier alpha value is -2.53. The molecule has 0 saturated carbocycles. The van der Waals surface area contributed by atoms with Crippen molar-refractivity contribution >= 4 is 35.2 Å². The number of rotatable bonds is 4. The highest BCUT2D eigenvalue weighted by Crippen LogP contribution is 2.44. The normalized spacial score (nSPS) is 18.4. The Morgan fingerprint density at radius 1 is 1.33 bits per heavy atom. The number of halogens is 1. The molecule has 0 radical (unpaired) electrons. The van der Waals surface area contributed by atoms with E-state index in [1.165, 1.54) is 17.7 Å². The van der Waals surface area contributed by atoms with Crippen LogP contribution >= 0.6 is 11.6 Å². The molecule has 2 aromatic rings. The third-order valence-corrected chi connectivity index (χ3v) is 5.61. The lowest BCUT2D eigenvalue weighted by atomic mass is 9.80. The van der Waals surface area contributed by atoms with Gasteiger partial charge >= 0.3 is 5.97 Å². The number of anilines is 2. The SMILES string of the molecule is CC1CC(C)(C)N(C)c2cc(Cl)c(/C=N/Nc3ccc(C(=O)O)cc3)cc21. The van der Waals surface area contributed by atoms with Gasteiger partial charge in [-0.1, -0.05) is 18.5 Å². The highest BCUT2D eigenvalue weighted by Gasteiger charge is 2.34. The van der Waals surface area contributed by atoms with E-state index in [0.717, 1.165) is 17.7 Å². The van der Waals surface area contributed by atoms with Crippen LogP contribution in [0.1, 0.15) is 54.6 Å². The Labute approximate surface area is 164 Å². The molecule has 1 aliphatic heterocycles. The number of hydrazone groups is 1. The molecule has 2 N–H and O–H groups in total. The van der Waals surface area contributed by atoms with Crippen molar-refractivity contribution in [1.29, 1.82) is 0 Å². The summed E-state index contributed by atoms with van der Waals surface area (Å²) in [5.41, 5.74) is 7.24. The fourth-order valence-electron chi connectivity index (χ4n) is 3.57. The monoisotopic (exact) mass is 385 g/mol. The number of hydrogen-bond acceptors (Lipinski definition) is 4. The number of fused-ring (bicyclic) bond motifs is 1. The van der Waals surface area contributed by atoms with E-state index >= 15 is 0 Å². The quantitative estimate of drug-likeness (QED) is 0.560. The summed E-state index contributed by atoms with van der Waals surface area (Å²) in [7, 11) is 2.11. The smallest absolute Gasteiger partial charge is 0.335 e. The summed E-state index contributed by atoms with van der Waals surface area (Å²) < 4.78 is 0. The van der Waals surface area contributed by atoms with Crippen molar-refractivity contribution in [1.82, 2.24) is 0 Å². The topological polar surface area (TPSA) is 64.9 Å². The predicted molar refractivity (Wildman–Crippen MR) is 112 cm³/mol. The maximum Gasteiger partial charge on any atom is 0.335 e. The molecule has 0 aliphatic carbocycles. The number of nitrogens with zero attached hydrogens (tertiary/aromatic N) is 2. The van der Waals surface area contributed by atoms with Crippen molar-refractivity contribution in [3.05, 3.63) is 58.1 Å². The van der Waals surface area contributed by atoms with E-state index in [9.17, 15) is 4.79 Å². The number of carbonyl (C=O) groups is 1. The number of aromatic carboxylic acids is 1. The van der Waals surface area contributed by atoms with Crippen LogP contribution in [0.4, 0.5) is 11.4 Å². The summed E-state index contributed by atoms with van der Waals surface area (Å²) >= 11 is 6.49. The van der Waals surface area contributed by atoms with Crippen LogP contribution in [0.5, 0.6) is 0 Å². The third kappa shape index (κ3) is 3.93. The second kappa shape index (κ2) is 7.24. The Morgan fingerprint density at radius 3 is 2.63 bits per heavy atom. The largest absolute Gasteiger partial charge is 0.478 e. The summed E-state index contributed by atoms with van der Waals surface area (Å²) in [5.74, 6) is -0.514. The van der Waals surface area contributed by atoms with Crippen molar-refractivity contribution < 1.29 is 9.90 Å². The lowest BCUT2D eigenvalue weighted by molar-refractivity contribution is 0.0697. The second-order valence-electron chi connectivity index (χ2n) is 7.66. The number of benzene rings is 2. The molecule has 27 heavy (non-hydrogen) atoms. The molecule has 0 aromatic heterocycles. The van der Waals surface area contributed by atoms with Gasteiger partial charge in [-0.15, -0.1) is 0 Å². The maximum absolute atomic E-state index is 10.9. The van der Waals surface area contributed by atoms with Crippen LogP contribution in [0.2, 0.25) is 5.02 Å². The van der Waals surface area contributed by atoms with Crippen molar-refractivity contribution in [2.45, 2.75) is 38.6 Å². The fraction of sp³-hybridized carbons (Fsp3) is 0.333. The van der Waals surface area contributed by atoms with Crippen LogP contribution in [0.25, 0.3) is 0 Å². The zero-order chi connectivity index (χ0) is 19.8. The van der Waals surface area contributed by atoms with Gasteiger partial charge in [0.15, 0.2) is 0 Å². The molecule has 6 heteroatoms. The molecular formula is C21H24ClN3O2. The van der Waals surface area contributed by atoms with Gasteiger partial charge in [-0.3, -0.25) is 5.43 Å². The van der Waals surface area contributed by atoms with E-state index < -0.39 is 5.97 Å². The van der Waals surface area contributed by atoms with Gasteiger partial charge in [0.05, 0.1) is 22.5 Å². The minimum atomic E-state index is -0.951. The Bertz CT molecular complexity index is 891. The molecule has 1 aliphatic rings. The molecule has 2 aromatic carbocycles. The summed E-state index contributed by atoms with van der Waals surface area (Å²) in [6.07, 6.45) is 2.77. The van der Waals surface area contributed by atoms with Gasteiger partial charge in [-0.25, -0.2) is 4.79 Å². The van der Waals surface area contributed by atoms with Crippen LogP contribution < -0.4 is 10.3 Å². The van der Waals surface area contributed by atoms with E-state index in [-0.39, 0.29) is 11.1 Å². The highest BCUT2D eigenvalue weighted by molar-refractivity contribution is 6.33. The number of carboxylic acid groups (broad SMARTS) is 1. The minimum absolute atomic E-state index is 0.0923. The first-order valence-corrected chi connectivity index (χ1v) is 9.26.